The number of hydrogen-bond acceptors (Lipinski definition) is 6. The first-order valence-electron chi connectivity index (χ1n) is 16.7. The van der Waals surface area contributed by atoms with Crippen LogP contribution in [-0.4, -0.2) is 75.4 Å². The number of nitrogens with two attached hydrogens (primary N) is 3. The number of rotatable bonds is 17. The van der Waals surface area contributed by atoms with Crippen LogP contribution < -0.4 is 33.2 Å². The van der Waals surface area contributed by atoms with Gasteiger partial charge in [-0.2, -0.15) is 0 Å². The Labute approximate surface area is 294 Å². The van der Waals surface area contributed by atoms with Gasteiger partial charge in [0.25, 0.3) is 0 Å². The molecule has 14 heteroatoms. The first kappa shape index (κ1) is 36.1. The summed E-state index contributed by atoms with van der Waals surface area (Å²) in [6, 6.07) is 19.8. The van der Waals surface area contributed by atoms with Crippen molar-refractivity contribution in [3.63, 3.8) is 0 Å². The Hall–Kier alpha value is -6.15. The summed E-state index contributed by atoms with van der Waals surface area (Å²) in [5.41, 5.74) is 21.1. The lowest BCUT2D eigenvalue weighted by Gasteiger charge is -2.25. The van der Waals surface area contributed by atoms with Gasteiger partial charge in [-0.05, 0) is 48.1 Å². The van der Waals surface area contributed by atoms with Crippen molar-refractivity contribution >= 4 is 51.5 Å². The van der Waals surface area contributed by atoms with Gasteiger partial charge in [-0.1, -0.05) is 66.7 Å². The average Bonchev–Trinajstić information content (AvgIpc) is 3.73. The van der Waals surface area contributed by atoms with Crippen LogP contribution in [0.15, 0.2) is 96.2 Å². The number of carboxylic acid groups (broad SMARTS) is 1. The third kappa shape index (κ3) is 9.73. The van der Waals surface area contributed by atoms with Crippen molar-refractivity contribution in [3.05, 3.63) is 108 Å². The molecule has 0 aliphatic carbocycles. The monoisotopic (exact) mass is 693 g/mol. The van der Waals surface area contributed by atoms with Crippen LogP contribution in [0.3, 0.4) is 0 Å². The molecule has 3 aromatic carbocycles. The fraction of sp³-hybridized carbons (Fsp3) is 0.270. The molecule has 0 saturated carbocycles. The van der Waals surface area contributed by atoms with Crippen molar-refractivity contribution in [3.8, 4) is 0 Å². The smallest absolute Gasteiger partial charge is 0.326 e. The van der Waals surface area contributed by atoms with E-state index in [4.69, 9.17) is 17.2 Å². The van der Waals surface area contributed by atoms with E-state index >= 15 is 0 Å². The van der Waals surface area contributed by atoms with Crippen LogP contribution >= 0.6 is 0 Å². The quantitative estimate of drug-likeness (QED) is 0.0392. The number of benzene rings is 3. The number of hydrogen-bond donors (Lipinski definition) is 9. The van der Waals surface area contributed by atoms with Crippen LogP contribution in [-0.2, 0) is 38.4 Å². The van der Waals surface area contributed by atoms with Crippen LogP contribution in [0.1, 0.15) is 29.5 Å². The van der Waals surface area contributed by atoms with E-state index in [2.05, 4.69) is 30.9 Å². The molecule has 0 radical (unpaired) electrons. The maximum Gasteiger partial charge on any atom is 0.326 e. The Morgan fingerprint density at radius 1 is 0.667 bits per heavy atom. The van der Waals surface area contributed by atoms with E-state index in [1.165, 1.54) is 0 Å². The summed E-state index contributed by atoms with van der Waals surface area (Å²) in [7, 11) is 0. The molecule has 2 aromatic heterocycles. The lowest BCUT2D eigenvalue weighted by Crippen LogP contribution is -2.58. The lowest BCUT2D eigenvalue weighted by molar-refractivity contribution is -0.142. The minimum atomic E-state index is -1.27. The molecule has 0 saturated heterocycles. The number of aromatic nitrogens is 2. The van der Waals surface area contributed by atoms with E-state index in [9.17, 15) is 24.3 Å². The van der Waals surface area contributed by atoms with Gasteiger partial charge in [-0.25, -0.2) is 4.79 Å². The largest absolute Gasteiger partial charge is 0.480 e. The van der Waals surface area contributed by atoms with Gasteiger partial charge in [0.15, 0.2) is 5.96 Å². The summed E-state index contributed by atoms with van der Waals surface area (Å²) in [6.45, 7) is 0.180. The Kier molecular flexibility index (Phi) is 12.0. The standard InChI is InChI=1S/C37H43N9O5/c38-27(17-22-9-2-1-3-10-22)33(47)45-31(18-23-20-42-28-13-6-4-11-25(23)28)35(49)46-32(19-24-21-43-29-14-7-5-12-26(24)29)34(48)44-30(36(50)51)15-8-16-41-37(39)40/h1-7,9-14,20-21,27,30-32,42-43H,8,15-19,38H2,(H,44,48)(H,45,47)(H,46,49)(H,50,51)(H4,39,40,41). The molecule has 0 aliphatic rings. The van der Waals surface area contributed by atoms with Crippen LogP contribution in [0, 0.1) is 0 Å². The number of aliphatic imine (C=N–C) groups is 1. The number of aliphatic carboxylic acids is 1. The van der Waals surface area contributed by atoms with Gasteiger partial charge in [0, 0.05) is 53.6 Å². The first-order chi connectivity index (χ1) is 24.6. The summed E-state index contributed by atoms with van der Waals surface area (Å²) in [5, 5.41) is 19.8. The second kappa shape index (κ2) is 17.0. The van der Waals surface area contributed by atoms with Crippen LogP contribution in [0.25, 0.3) is 21.8 Å². The Morgan fingerprint density at radius 2 is 1.16 bits per heavy atom. The number of H-pyrrole nitrogens is 2. The highest BCUT2D eigenvalue weighted by Gasteiger charge is 2.31. The molecule has 2 heterocycles. The summed E-state index contributed by atoms with van der Waals surface area (Å²) in [5.74, 6) is -3.26. The highest BCUT2D eigenvalue weighted by molar-refractivity contribution is 5.95. The fourth-order valence-corrected chi connectivity index (χ4v) is 6.00. The predicted molar refractivity (Wildman–Crippen MR) is 195 cm³/mol. The molecule has 5 rings (SSSR count). The highest BCUT2D eigenvalue weighted by Crippen LogP contribution is 2.21. The number of carbonyl (C=O) groups is 4. The second-order valence-electron chi connectivity index (χ2n) is 12.4. The molecular formula is C37H43N9O5. The van der Waals surface area contributed by atoms with Crippen LogP contribution in [0.5, 0.6) is 0 Å². The number of carboxylic acids is 1. The number of guanidine groups is 1. The molecule has 4 atom stereocenters. The van der Waals surface area contributed by atoms with Crippen molar-refractivity contribution in [1.82, 2.24) is 25.9 Å². The number of fused-ring (bicyclic) bond motifs is 2. The molecule has 0 bridgehead atoms. The SMILES string of the molecule is NC(N)=NCCCC(NC(=O)C(Cc1c[nH]c2ccccc12)NC(=O)C(Cc1c[nH]c2ccccc12)NC(=O)C(N)Cc1ccccc1)C(=O)O. The maximum absolute atomic E-state index is 14.2. The summed E-state index contributed by atoms with van der Waals surface area (Å²) in [6.07, 6.45) is 4.22. The van der Waals surface area contributed by atoms with E-state index < -0.39 is 47.9 Å². The third-order valence-electron chi connectivity index (χ3n) is 8.66. The number of amides is 3. The predicted octanol–water partition coefficient (Wildman–Crippen LogP) is 1.60. The lowest BCUT2D eigenvalue weighted by atomic mass is 10.0. The van der Waals surface area contributed by atoms with E-state index in [0.717, 1.165) is 38.5 Å². The Bertz CT molecular complexity index is 2000. The molecule has 3 amide bonds. The molecular weight excluding hydrogens is 650 g/mol. The summed E-state index contributed by atoms with van der Waals surface area (Å²) in [4.78, 5) is 63.9. The van der Waals surface area contributed by atoms with Gasteiger partial charge in [0.2, 0.25) is 17.7 Å². The molecule has 0 aliphatic heterocycles. The van der Waals surface area contributed by atoms with Crippen molar-refractivity contribution in [2.75, 3.05) is 6.54 Å². The molecule has 5 aromatic rings. The van der Waals surface area contributed by atoms with E-state index in [1.807, 2.05) is 78.9 Å². The van der Waals surface area contributed by atoms with Gasteiger partial charge in [0.1, 0.15) is 18.1 Å². The molecule has 12 N–H and O–H groups in total. The number of aromatic amines is 2. The maximum atomic E-state index is 14.2. The highest BCUT2D eigenvalue weighted by atomic mass is 16.4. The molecule has 266 valence electrons. The normalized spacial score (nSPS) is 13.5. The second-order valence-corrected chi connectivity index (χ2v) is 12.4. The van der Waals surface area contributed by atoms with Crippen LogP contribution in [0.2, 0.25) is 0 Å². The first-order valence-corrected chi connectivity index (χ1v) is 16.7. The minimum Gasteiger partial charge on any atom is -0.480 e. The summed E-state index contributed by atoms with van der Waals surface area (Å²) >= 11 is 0. The zero-order chi connectivity index (χ0) is 36.3. The topological polar surface area (TPSA) is 247 Å². The number of nitrogens with one attached hydrogen (secondary N) is 5. The van der Waals surface area contributed by atoms with E-state index in [-0.39, 0.29) is 44.6 Å². The molecule has 0 spiro atoms. The Balaban J connectivity index is 1.40. The number of carbonyl (C=O) groups excluding carboxylic acids is 3. The van der Waals surface area contributed by atoms with Crippen molar-refractivity contribution in [2.24, 2.45) is 22.2 Å². The van der Waals surface area contributed by atoms with Crippen LogP contribution in [0.4, 0.5) is 0 Å². The van der Waals surface area contributed by atoms with Crippen molar-refractivity contribution in [1.29, 1.82) is 0 Å². The zero-order valence-corrected chi connectivity index (χ0v) is 28.0. The number of para-hydroxylation sites is 2. The average molecular weight is 694 g/mol. The van der Waals surface area contributed by atoms with Gasteiger partial charge in [-0.3, -0.25) is 19.4 Å². The molecule has 14 nitrogen and oxygen atoms in total. The van der Waals surface area contributed by atoms with E-state index in [0.29, 0.717) is 0 Å². The minimum absolute atomic E-state index is 0.0310. The van der Waals surface area contributed by atoms with Gasteiger partial charge in [-0.15, -0.1) is 0 Å². The van der Waals surface area contributed by atoms with E-state index in [1.54, 1.807) is 12.4 Å². The van der Waals surface area contributed by atoms with Gasteiger partial charge >= 0.3 is 5.97 Å². The zero-order valence-electron chi connectivity index (χ0n) is 28.0. The van der Waals surface area contributed by atoms with Crippen molar-refractivity contribution < 1.29 is 24.3 Å². The third-order valence-corrected chi connectivity index (χ3v) is 8.66. The molecule has 4 unspecified atom stereocenters. The van der Waals surface area contributed by atoms with Gasteiger partial charge < -0.3 is 48.2 Å². The summed E-state index contributed by atoms with van der Waals surface area (Å²) < 4.78 is 0. The molecule has 51 heavy (non-hydrogen) atoms. The Morgan fingerprint density at radius 3 is 1.69 bits per heavy atom. The molecule has 0 fully saturated rings. The fourth-order valence-electron chi connectivity index (χ4n) is 6.00. The van der Waals surface area contributed by atoms with Gasteiger partial charge in [0.05, 0.1) is 6.04 Å². The number of nitrogens with zero attached hydrogens (tertiary/aromatic N) is 1. The van der Waals surface area contributed by atoms with Crippen molar-refractivity contribution in [2.45, 2.75) is 56.3 Å².